The maximum absolute atomic E-state index is 12.4. The molecule has 23 heavy (non-hydrogen) atoms. The average molecular weight is 317 g/mol. The van der Waals surface area contributed by atoms with Gasteiger partial charge in [0.15, 0.2) is 11.5 Å². The van der Waals surface area contributed by atoms with E-state index >= 15 is 0 Å². The first-order chi connectivity index (χ1) is 11.1. The van der Waals surface area contributed by atoms with E-state index in [9.17, 15) is 4.79 Å². The van der Waals surface area contributed by atoms with E-state index in [0.717, 1.165) is 6.54 Å². The lowest BCUT2D eigenvalue weighted by Gasteiger charge is -2.32. The number of rotatable bonds is 4. The fourth-order valence-electron chi connectivity index (χ4n) is 3.17. The Hall–Kier alpha value is -2.08. The zero-order chi connectivity index (χ0) is 16.4. The van der Waals surface area contributed by atoms with Gasteiger partial charge in [0.1, 0.15) is 5.82 Å². The van der Waals surface area contributed by atoms with Gasteiger partial charge in [-0.05, 0) is 32.4 Å². The standard InChI is InChI=1S/C17H23N3O3/c1-11-6-4-5-7-20(11)10-16-18-13-9-15(23-3)14(22-2)8-12(13)17(21)19-16/h8-9,11H,4-7,10H2,1-3H3,(H,18,19,21). The number of nitrogens with zero attached hydrogens (tertiary/aromatic N) is 2. The summed E-state index contributed by atoms with van der Waals surface area (Å²) < 4.78 is 10.6. The molecule has 1 aliphatic rings. The highest BCUT2D eigenvalue weighted by atomic mass is 16.5. The summed E-state index contributed by atoms with van der Waals surface area (Å²) in [6, 6.07) is 3.95. The van der Waals surface area contributed by atoms with Gasteiger partial charge in [0, 0.05) is 12.1 Å². The summed E-state index contributed by atoms with van der Waals surface area (Å²) >= 11 is 0. The number of likely N-dealkylation sites (tertiary alicyclic amines) is 1. The van der Waals surface area contributed by atoms with Crippen LogP contribution >= 0.6 is 0 Å². The highest BCUT2D eigenvalue weighted by molar-refractivity contribution is 5.81. The molecular weight excluding hydrogens is 294 g/mol. The molecule has 0 saturated carbocycles. The Morgan fingerprint density at radius 1 is 1.26 bits per heavy atom. The monoisotopic (exact) mass is 317 g/mol. The fraction of sp³-hybridized carbons (Fsp3) is 0.529. The second-order valence-corrected chi connectivity index (χ2v) is 6.05. The summed E-state index contributed by atoms with van der Waals surface area (Å²) in [5.41, 5.74) is 0.488. The quantitative estimate of drug-likeness (QED) is 0.937. The molecule has 1 fully saturated rings. The van der Waals surface area contributed by atoms with Crippen LogP contribution in [0.25, 0.3) is 10.9 Å². The van der Waals surface area contributed by atoms with E-state index in [2.05, 4.69) is 21.8 Å². The lowest BCUT2D eigenvalue weighted by atomic mass is 10.0. The van der Waals surface area contributed by atoms with E-state index < -0.39 is 0 Å². The SMILES string of the molecule is COc1cc2nc(CN3CCCCC3C)[nH]c(=O)c2cc1OC. The van der Waals surface area contributed by atoms with Crippen LogP contribution in [0.5, 0.6) is 11.5 Å². The highest BCUT2D eigenvalue weighted by Crippen LogP contribution is 2.30. The van der Waals surface area contributed by atoms with Crippen molar-refractivity contribution in [3.8, 4) is 11.5 Å². The van der Waals surface area contributed by atoms with Crippen LogP contribution in [0.2, 0.25) is 0 Å². The smallest absolute Gasteiger partial charge is 0.258 e. The third-order valence-corrected chi connectivity index (χ3v) is 4.55. The minimum Gasteiger partial charge on any atom is -0.493 e. The number of ether oxygens (including phenoxy) is 2. The van der Waals surface area contributed by atoms with Gasteiger partial charge in [-0.15, -0.1) is 0 Å². The second-order valence-electron chi connectivity index (χ2n) is 6.05. The van der Waals surface area contributed by atoms with E-state index in [0.29, 0.717) is 40.8 Å². The van der Waals surface area contributed by atoms with Crippen molar-refractivity contribution in [2.75, 3.05) is 20.8 Å². The van der Waals surface area contributed by atoms with E-state index in [1.807, 2.05) is 0 Å². The summed E-state index contributed by atoms with van der Waals surface area (Å²) in [7, 11) is 3.13. The van der Waals surface area contributed by atoms with Crippen molar-refractivity contribution < 1.29 is 9.47 Å². The van der Waals surface area contributed by atoms with Crippen molar-refractivity contribution in [1.82, 2.24) is 14.9 Å². The molecule has 3 rings (SSSR count). The molecule has 0 amide bonds. The van der Waals surface area contributed by atoms with E-state index in [1.165, 1.54) is 19.3 Å². The molecule has 1 aromatic heterocycles. The van der Waals surface area contributed by atoms with Crippen LogP contribution in [0.3, 0.4) is 0 Å². The maximum atomic E-state index is 12.4. The molecule has 1 aliphatic heterocycles. The predicted molar refractivity (Wildman–Crippen MR) is 89.2 cm³/mol. The van der Waals surface area contributed by atoms with Gasteiger partial charge in [-0.2, -0.15) is 0 Å². The van der Waals surface area contributed by atoms with Crippen LogP contribution in [0, 0.1) is 0 Å². The number of nitrogens with one attached hydrogen (secondary N) is 1. The van der Waals surface area contributed by atoms with Gasteiger partial charge in [-0.25, -0.2) is 4.98 Å². The Balaban J connectivity index is 1.98. The van der Waals surface area contributed by atoms with Crippen LogP contribution in [0.1, 0.15) is 32.0 Å². The number of hydrogen-bond acceptors (Lipinski definition) is 5. The lowest BCUT2D eigenvalue weighted by molar-refractivity contribution is 0.149. The van der Waals surface area contributed by atoms with Gasteiger partial charge < -0.3 is 14.5 Å². The van der Waals surface area contributed by atoms with Crippen LogP contribution in [-0.2, 0) is 6.54 Å². The van der Waals surface area contributed by atoms with Gasteiger partial charge in [0.2, 0.25) is 0 Å². The van der Waals surface area contributed by atoms with Crippen molar-refractivity contribution in [1.29, 1.82) is 0 Å². The van der Waals surface area contributed by atoms with Gasteiger partial charge >= 0.3 is 0 Å². The molecule has 1 saturated heterocycles. The van der Waals surface area contributed by atoms with Crippen molar-refractivity contribution in [3.63, 3.8) is 0 Å². The number of aromatic nitrogens is 2. The largest absolute Gasteiger partial charge is 0.493 e. The normalized spacial score (nSPS) is 19.0. The van der Waals surface area contributed by atoms with Crippen LogP contribution in [0.15, 0.2) is 16.9 Å². The molecule has 124 valence electrons. The molecule has 0 bridgehead atoms. The molecule has 2 aromatic rings. The van der Waals surface area contributed by atoms with Crippen molar-refractivity contribution >= 4 is 10.9 Å². The molecule has 0 aliphatic carbocycles. The van der Waals surface area contributed by atoms with E-state index in [1.54, 1.807) is 26.4 Å². The zero-order valence-corrected chi connectivity index (χ0v) is 13.9. The first kappa shape index (κ1) is 15.8. The summed E-state index contributed by atoms with van der Waals surface area (Å²) in [4.78, 5) is 22.3. The maximum Gasteiger partial charge on any atom is 0.258 e. The van der Waals surface area contributed by atoms with Gasteiger partial charge in [-0.3, -0.25) is 9.69 Å². The molecule has 1 atom stereocenters. The Bertz CT molecular complexity index is 757. The number of fused-ring (bicyclic) bond motifs is 1. The molecule has 1 unspecified atom stereocenters. The molecule has 6 nitrogen and oxygen atoms in total. The van der Waals surface area contributed by atoms with E-state index in [-0.39, 0.29) is 5.56 Å². The minimum absolute atomic E-state index is 0.143. The molecule has 1 N–H and O–H groups in total. The molecule has 6 heteroatoms. The topological polar surface area (TPSA) is 67.5 Å². The van der Waals surface area contributed by atoms with Crippen molar-refractivity contribution in [2.24, 2.45) is 0 Å². The zero-order valence-electron chi connectivity index (χ0n) is 13.9. The first-order valence-electron chi connectivity index (χ1n) is 8.01. The van der Waals surface area contributed by atoms with E-state index in [4.69, 9.17) is 9.47 Å². The van der Waals surface area contributed by atoms with Crippen molar-refractivity contribution in [2.45, 2.75) is 38.8 Å². The highest BCUT2D eigenvalue weighted by Gasteiger charge is 2.19. The minimum atomic E-state index is -0.143. The summed E-state index contributed by atoms with van der Waals surface area (Å²) in [5.74, 6) is 1.81. The number of H-pyrrole nitrogens is 1. The molecule has 2 heterocycles. The van der Waals surface area contributed by atoms with Crippen LogP contribution in [0.4, 0.5) is 0 Å². The number of aromatic amines is 1. The number of hydrogen-bond donors (Lipinski definition) is 1. The Labute approximate surface area is 135 Å². The Morgan fingerprint density at radius 3 is 2.70 bits per heavy atom. The number of piperidine rings is 1. The second kappa shape index (κ2) is 6.58. The number of methoxy groups -OCH3 is 2. The third-order valence-electron chi connectivity index (χ3n) is 4.55. The molecule has 0 spiro atoms. The third kappa shape index (κ3) is 3.17. The van der Waals surface area contributed by atoms with Gasteiger partial charge in [0.25, 0.3) is 5.56 Å². The average Bonchev–Trinajstić information content (AvgIpc) is 2.56. The van der Waals surface area contributed by atoms with Crippen LogP contribution < -0.4 is 15.0 Å². The Kier molecular flexibility index (Phi) is 4.52. The van der Waals surface area contributed by atoms with Gasteiger partial charge in [-0.1, -0.05) is 6.42 Å². The first-order valence-corrected chi connectivity index (χ1v) is 8.01. The van der Waals surface area contributed by atoms with Crippen LogP contribution in [-0.4, -0.2) is 41.7 Å². The predicted octanol–water partition coefficient (Wildman–Crippen LogP) is 2.31. The number of benzene rings is 1. The summed E-state index contributed by atoms with van der Waals surface area (Å²) in [5, 5.41) is 0.512. The van der Waals surface area contributed by atoms with Gasteiger partial charge in [0.05, 0.1) is 31.7 Å². The van der Waals surface area contributed by atoms with Crippen molar-refractivity contribution in [3.05, 3.63) is 28.3 Å². The summed E-state index contributed by atoms with van der Waals surface area (Å²) in [6.07, 6.45) is 3.67. The molecule has 0 radical (unpaired) electrons. The summed E-state index contributed by atoms with van der Waals surface area (Å²) in [6.45, 7) is 3.95. The Morgan fingerprint density at radius 2 is 2.00 bits per heavy atom. The molecule has 1 aromatic carbocycles. The molecular formula is C17H23N3O3. The lowest BCUT2D eigenvalue weighted by Crippen LogP contribution is -2.37. The fourth-order valence-corrected chi connectivity index (χ4v) is 3.17.